The zero-order chi connectivity index (χ0) is 7.11. The quantitative estimate of drug-likeness (QED) is 0.437. The van der Waals surface area contributed by atoms with Crippen LogP contribution >= 0.6 is 12.6 Å². The molecule has 0 aliphatic carbocycles. The molecular weight excluding hydrogens is 130 g/mol. The molecule has 0 saturated heterocycles. The Kier molecular flexibility index (Phi) is 5.24. The van der Waals surface area contributed by atoms with Gasteiger partial charge in [-0.25, -0.2) is 0 Å². The lowest BCUT2D eigenvalue weighted by Crippen LogP contribution is -1.68. The Morgan fingerprint density at radius 2 is 2.44 bits per heavy atom. The van der Waals surface area contributed by atoms with E-state index in [0.29, 0.717) is 4.91 Å². The third-order valence-corrected chi connectivity index (χ3v) is 1.26. The largest absolute Gasteiger partial charge is 0.192 e. The molecule has 2 heteroatoms. The first-order valence-electron chi connectivity index (χ1n) is 3.08. The van der Waals surface area contributed by atoms with Gasteiger partial charge in [0, 0.05) is 0 Å². The fraction of sp³-hybridized carbons (Fsp3) is 0.571. The molecule has 0 spiro atoms. The fourth-order valence-electron chi connectivity index (χ4n) is 0.483. The average Bonchev–Trinajstić information content (AvgIpc) is 1.89. The molecule has 49 valence electrons. The Morgan fingerprint density at radius 3 is 2.89 bits per heavy atom. The van der Waals surface area contributed by atoms with Crippen LogP contribution in [-0.2, 0) is 0 Å². The molecule has 1 nitrogen and oxygen atoms in total. The molecular formula is C7H10NS. The van der Waals surface area contributed by atoms with Gasteiger partial charge in [-0.1, -0.05) is 38.5 Å². The monoisotopic (exact) mass is 140 g/mol. The van der Waals surface area contributed by atoms with Gasteiger partial charge in [0.1, 0.15) is 11.0 Å². The lowest BCUT2D eigenvalue weighted by atomic mass is 10.2. The lowest BCUT2D eigenvalue weighted by molar-refractivity contribution is 0.814. The highest BCUT2D eigenvalue weighted by molar-refractivity contribution is 7.84. The molecule has 0 aromatic carbocycles. The van der Waals surface area contributed by atoms with Gasteiger partial charge in [0.25, 0.3) is 0 Å². The predicted octanol–water partition coefficient (Wildman–Crippen LogP) is 2.78. The highest BCUT2D eigenvalue weighted by atomic mass is 32.1. The third kappa shape index (κ3) is 5.32. The maximum absolute atomic E-state index is 8.21. The Balaban J connectivity index is 3.35. The van der Waals surface area contributed by atoms with E-state index in [1.807, 2.05) is 6.07 Å². The van der Waals surface area contributed by atoms with Crippen molar-refractivity contribution in [3.8, 4) is 6.07 Å². The number of nitrogens with zero attached hydrogens (tertiary/aromatic N) is 1. The maximum Gasteiger partial charge on any atom is 0.111 e. The molecule has 0 bridgehead atoms. The summed E-state index contributed by atoms with van der Waals surface area (Å²) in [6.07, 6.45) is 5.04. The molecule has 0 atom stereocenters. The zero-order valence-corrected chi connectivity index (χ0v) is 6.37. The van der Waals surface area contributed by atoms with Crippen molar-refractivity contribution < 1.29 is 0 Å². The van der Waals surface area contributed by atoms with Crippen molar-refractivity contribution in [3.63, 3.8) is 0 Å². The number of rotatable bonds is 3. The molecule has 0 amide bonds. The first-order valence-corrected chi connectivity index (χ1v) is 3.49. The SMILES string of the molecule is CCCC/C=C(/[S])C#N. The summed E-state index contributed by atoms with van der Waals surface area (Å²) >= 11 is 4.65. The van der Waals surface area contributed by atoms with E-state index < -0.39 is 0 Å². The number of hydrogen-bond acceptors (Lipinski definition) is 1. The molecule has 0 N–H and O–H groups in total. The Hall–Kier alpha value is -0.550. The van der Waals surface area contributed by atoms with Crippen LogP contribution in [0.5, 0.6) is 0 Å². The topological polar surface area (TPSA) is 23.8 Å². The molecule has 0 aliphatic rings. The van der Waals surface area contributed by atoms with Crippen LogP contribution in [0.1, 0.15) is 26.2 Å². The first-order chi connectivity index (χ1) is 4.31. The van der Waals surface area contributed by atoms with Gasteiger partial charge < -0.3 is 0 Å². The average molecular weight is 140 g/mol. The van der Waals surface area contributed by atoms with E-state index in [0.717, 1.165) is 19.3 Å². The fourth-order valence-corrected chi connectivity index (χ4v) is 0.601. The molecule has 9 heavy (non-hydrogen) atoms. The maximum atomic E-state index is 8.21. The number of hydrogen-bond donors (Lipinski definition) is 0. The zero-order valence-electron chi connectivity index (χ0n) is 5.55. The third-order valence-electron chi connectivity index (χ3n) is 0.998. The molecule has 0 saturated carbocycles. The van der Waals surface area contributed by atoms with Crippen LogP contribution in [0.2, 0.25) is 0 Å². The van der Waals surface area contributed by atoms with Crippen LogP contribution in [0.3, 0.4) is 0 Å². The molecule has 0 aromatic rings. The molecule has 1 radical (unpaired) electrons. The summed E-state index contributed by atoms with van der Waals surface area (Å²) in [5.74, 6) is 0. The van der Waals surface area contributed by atoms with E-state index in [2.05, 4.69) is 19.6 Å². The molecule has 0 unspecified atom stereocenters. The molecule has 0 rings (SSSR count). The van der Waals surface area contributed by atoms with Crippen molar-refractivity contribution in [1.29, 1.82) is 5.26 Å². The van der Waals surface area contributed by atoms with Crippen LogP contribution in [0.25, 0.3) is 0 Å². The summed E-state index contributed by atoms with van der Waals surface area (Å²) < 4.78 is 0. The van der Waals surface area contributed by atoms with Gasteiger partial charge in [0.05, 0.1) is 0 Å². The van der Waals surface area contributed by atoms with Gasteiger partial charge >= 0.3 is 0 Å². The van der Waals surface area contributed by atoms with E-state index in [1.54, 1.807) is 6.08 Å². The van der Waals surface area contributed by atoms with Gasteiger partial charge in [-0.15, -0.1) is 0 Å². The van der Waals surface area contributed by atoms with Gasteiger partial charge in [-0.3, -0.25) is 0 Å². The van der Waals surface area contributed by atoms with Crippen molar-refractivity contribution in [2.75, 3.05) is 0 Å². The van der Waals surface area contributed by atoms with E-state index in [-0.39, 0.29) is 0 Å². The minimum absolute atomic E-state index is 0.420. The van der Waals surface area contributed by atoms with Gasteiger partial charge in [0.15, 0.2) is 0 Å². The summed E-state index contributed by atoms with van der Waals surface area (Å²) in [6, 6.07) is 1.90. The highest BCUT2D eigenvalue weighted by Crippen LogP contribution is 2.02. The summed E-state index contributed by atoms with van der Waals surface area (Å²) in [4.78, 5) is 0.420. The van der Waals surface area contributed by atoms with E-state index in [1.165, 1.54) is 0 Å². The van der Waals surface area contributed by atoms with E-state index >= 15 is 0 Å². The first kappa shape index (κ1) is 8.45. The standard InChI is InChI=1S/C7H10NS/c1-2-3-4-5-7(9)6-8/h5H,2-4H2,1H3/b7-5+. The predicted molar refractivity (Wildman–Crippen MR) is 40.8 cm³/mol. The molecule has 0 fully saturated rings. The summed E-state index contributed by atoms with van der Waals surface area (Å²) in [7, 11) is 0. The van der Waals surface area contributed by atoms with Crippen molar-refractivity contribution in [3.05, 3.63) is 11.0 Å². The molecule has 0 aliphatic heterocycles. The smallest absolute Gasteiger partial charge is 0.111 e. The molecule has 0 heterocycles. The van der Waals surface area contributed by atoms with Gasteiger partial charge in [-0.05, 0) is 6.42 Å². The second kappa shape index (κ2) is 5.58. The van der Waals surface area contributed by atoms with E-state index in [4.69, 9.17) is 5.26 Å². The second-order valence-electron chi connectivity index (χ2n) is 1.82. The van der Waals surface area contributed by atoms with Crippen molar-refractivity contribution in [2.24, 2.45) is 0 Å². The van der Waals surface area contributed by atoms with Gasteiger partial charge in [0.2, 0.25) is 0 Å². The van der Waals surface area contributed by atoms with Gasteiger partial charge in [-0.2, -0.15) is 5.26 Å². The minimum atomic E-state index is 0.420. The van der Waals surface area contributed by atoms with Crippen LogP contribution in [-0.4, -0.2) is 0 Å². The van der Waals surface area contributed by atoms with Crippen LogP contribution in [0.4, 0.5) is 0 Å². The minimum Gasteiger partial charge on any atom is -0.192 e. The second-order valence-corrected chi connectivity index (χ2v) is 2.26. The normalized spacial score (nSPS) is 10.9. The van der Waals surface area contributed by atoms with Crippen LogP contribution in [0, 0.1) is 11.3 Å². The van der Waals surface area contributed by atoms with E-state index in [9.17, 15) is 0 Å². The number of unbranched alkanes of at least 4 members (excludes halogenated alkanes) is 2. The lowest BCUT2D eigenvalue weighted by Gasteiger charge is -1.86. The van der Waals surface area contributed by atoms with Crippen molar-refractivity contribution in [1.82, 2.24) is 0 Å². The van der Waals surface area contributed by atoms with Crippen LogP contribution < -0.4 is 0 Å². The Bertz CT molecular complexity index is 132. The summed E-state index contributed by atoms with van der Waals surface area (Å²) in [6.45, 7) is 2.11. The summed E-state index contributed by atoms with van der Waals surface area (Å²) in [5.41, 5.74) is 0. The Morgan fingerprint density at radius 1 is 1.78 bits per heavy atom. The number of nitriles is 1. The Labute approximate surface area is 61.8 Å². The van der Waals surface area contributed by atoms with Crippen LogP contribution in [0.15, 0.2) is 11.0 Å². The van der Waals surface area contributed by atoms with Crippen molar-refractivity contribution in [2.45, 2.75) is 26.2 Å². The number of allylic oxidation sites excluding steroid dienone is 2. The molecule has 0 aromatic heterocycles. The van der Waals surface area contributed by atoms with Crippen molar-refractivity contribution >= 4 is 12.6 Å². The summed E-state index contributed by atoms with van der Waals surface area (Å²) in [5, 5.41) is 8.21. The highest BCUT2D eigenvalue weighted by Gasteiger charge is 1.84.